The number of rotatable bonds is 10. The number of nitro benzene ring substituents is 1. The van der Waals surface area contributed by atoms with Crippen LogP contribution < -0.4 is 4.74 Å². The molecule has 0 aliphatic carbocycles. The quantitative estimate of drug-likeness (QED) is 0.0733. The van der Waals surface area contributed by atoms with Gasteiger partial charge in [-0.05, 0) is 30.7 Å². The van der Waals surface area contributed by atoms with Crippen LogP contribution in [0.3, 0.4) is 0 Å². The molecule has 222 valence electrons. The van der Waals surface area contributed by atoms with Crippen LogP contribution in [0.25, 0.3) is 0 Å². The number of hydrogen-bond acceptors (Lipinski definition) is 11. The zero-order chi connectivity index (χ0) is 30.8. The molecule has 1 fully saturated rings. The molecule has 0 spiro atoms. The number of ether oxygens (including phenoxy) is 2. The van der Waals surface area contributed by atoms with Crippen LogP contribution in [0.1, 0.15) is 29.6 Å². The van der Waals surface area contributed by atoms with Crippen molar-refractivity contribution in [2.24, 2.45) is 5.92 Å². The number of halogens is 3. The maximum atomic E-state index is 13.0. The Bertz CT molecular complexity index is 1570. The van der Waals surface area contributed by atoms with Crippen molar-refractivity contribution in [3.8, 4) is 5.75 Å². The molecule has 1 saturated heterocycles. The monoisotopic (exact) mass is 612 g/mol. The molecule has 0 aromatic heterocycles. The number of alkyl halides is 3. The summed E-state index contributed by atoms with van der Waals surface area (Å²) in [4.78, 5) is 61.6. The van der Waals surface area contributed by atoms with Gasteiger partial charge in [0.25, 0.3) is 5.69 Å². The zero-order valence-electron chi connectivity index (χ0n) is 21.1. The first kappa shape index (κ1) is 30.2. The zero-order valence-corrected chi connectivity index (χ0v) is 21.9. The van der Waals surface area contributed by atoms with Gasteiger partial charge in [0.2, 0.25) is 5.91 Å². The van der Waals surface area contributed by atoms with E-state index in [0.717, 1.165) is 24.3 Å². The Morgan fingerprint density at radius 3 is 2.26 bits per heavy atom. The summed E-state index contributed by atoms with van der Waals surface area (Å²) >= 11 is 0. The Labute approximate surface area is 234 Å². The van der Waals surface area contributed by atoms with E-state index in [1.54, 1.807) is 30.3 Å². The topological polar surface area (TPSA) is 176 Å². The van der Waals surface area contributed by atoms with Crippen LogP contribution in [0.4, 0.5) is 18.9 Å². The predicted molar refractivity (Wildman–Crippen MR) is 132 cm³/mol. The number of ketones is 1. The summed E-state index contributed by atoms with van der Waals surface area (Å²) in [5.41, 5.74) is -7.70. The standard InChI is InChI=1S/C25H19F3N2O11S/c26-25(27,28)42(37,38)41-20-11-10-19-18(12-16(31)13-39-17-4-2-1-3-5-17)22(32)29(19)21(20)24(34)40-23(33)14-6-8-15(9-7-14)30(35)36/h1-9,18-19H,10-13H2/t18-,19+/m0/s1. The summed E-state index contributed by atoms with van der Waals surface area (Å²) in [6, 6.07) is 11.1. The molecule has 0 N–H and O–H groups in total. The maximum absolute atomic E-state index is 13.0. The second-order valence-electron chi connectivity index (χ2n) is 9.00. The van der Waals surface area contributed by atoms with Crippen molar-refractivity contribution in [3.63, 3.8) is 0 Å². The summed E-state index contributed by atoms with van der Waals surface area (Å²) in [6.45, 7) is -0.396. The van der Waals surface area contributed by atoms with Crippen LogP contribution in [-0.2, 0) is 33.4 Å². The molecule has 2 atom stereocenters. The lowest BCUT2D eigenvalue weighted by Crippen LogP contribution is -2.63. The Balaban J connectivity index is 1.55. The molecule has 2 aromatic rings. The fraction of sp³-hybridized carbons (Fsp3) is 0.280. The minimum absolute atomic E-state index is 0.182. The van der Waals surface area contributed by atoms with E-state index >= 15 is 0 Å². The van der Waals surface area contributed by atoms with Crippen molar-refractivity contribution in [2.45, 2.75) is 30.8 Å². The van der Waals surface area contributed by atoms with Crippen LogP contribution in [-0.4, -0.2) is 60.0 Å². The van der Waals surface area contributed by atoms with E-state index in [-0.39, 0.29) is 18.4 Å². The van der Waals surface area contributed by atoms with Gasteiger partial charge >= 0.3 is 27.6 Å². The van der Waals surface area contributed by atoms with Gasteiger partial charge in [0.15, 0.2) is 17.2 Å². The van der Waals surface area contributed by atoms with Gasteiger partial charge in [-0.15, -0.1) is 0 Å². The van der Waals surface area contributed by atoms with Gasteiger partial charge in [0.05, 0.1) is 16.4 Å². The highest BCUT2D eigenvalue weighted by molar-refractivity contribution is 7.87. The smallest absolute Gasteiger partial charge is 0.486 e. The Morgan fingerprint density at radius 1 is 1.02 bits per heavy atom. The molecule has 2 aliphatic heterocycles. The number of benzene rings is 2. The number of nitro groups is 1. The maximum Gasteiger partial charge on any atom is 0.534 e. The summed E-state index contributed by atoms with van der Waals surface area (Å²) in [5, 5.41) is 10.8. The van der Waals surface area contributed by atoms with E-state index in [1.165, 1.54) is 0 Å². The fourth-order valence-electron chi connectivity index (χ4n) is 4.33. The summed E-state index contributed by atoms with van der Waals surface area (Å²) in [6.07, 6.45) is -1.13. The van der Waals surface area contributed by atoms with Gasteiger partial charge in [-0.1, -0.05) is 18.2 Å². The van der Waals surface area contributed by atoms with Gasteiger partial charge < -0.3 is 13.7 Å². The largest absolute Gasteiger partial charge is 0.534 e. The van der Waals surface area contributed by atoms with Gasteiger partial charge in [0, 0.05) is 31.0 Å². The average Bonchev–Trinajstić information content (AvgIpc) is 2.94. The Kier molecular flexibility index (Phi) is 8.33. The van der Waals surface area contributed by atoms with Crippen molar-refractivity contribution >= 4 is 39.4 Å². The second kappa shape index (κ2) is 11.6. The average molecular weight is 612 g/mol. The number of nitrogens with zero attached hydrogens (tertiary/aromatic N) is 2. The molecule has 17 heteroatoms. The number of Topliss-reactive ketones (excluding diaryl/α,β-unsaturated/α-hetero) is 1. The van der Waals surface area contributed by atoms with Crippen LogP contribution in [0.15, 0.2) is 66.1 Å². The molecule has 2 aliphatic rings. The van der Waals surface area contributed by atoms with Crippen molar-refractivity contribution < 1.29 is 59.3 Å². The molecule has 0 bridgehead atoms. The highest BCUT2D eigenvalue weighted by Gasteiger charge is 2.56. The number of para-hydroxylation sites is 1. The third-order valence-corrected chi connectivity index (χ3v) is 7.29. The van der Waals surface area contributed by atoms with E-state index in [1.807, 2.05) is 0 Å². The highest BCUT2D eigenvalue weighted by atomic mass is 32.2. The van der Waals surface area contributed by atoms with Crippen LogP contribution in [0.5, 0.6) is 5.75 Å². The van der Waals surface area contributed by atoms with Gasteiger partial charge in [-0.25, -0.2) is 9.59 Å². The predicted octanol–water partition coefficient (Wildman–Crippen LogP) is 3.02. The number of hydrogen-bond donors (Lipinski definition) is 0. The Morgan fingerprint density at radius 2 is 1.67 bits per heavy atom. The Hall–Kier alpha value is -4.80. The third kappa shape index (κ3) is 6.24. The lowest BCUT2D eigenvalue weighted by atomic mass is 9.78. The van der Waals surface area contributed by atoms with E-state index in [0.29, 0.717) is 10.6 Å². The van der Waals surface area contributed by atoms with E-state index in [2.05, 4.69) is 8.92 Å². The molecule has 1 amide bonds. The number of β-lactam (4-membered cyclic amide) rings is 1. The number of allylic oxidation sites excluding steroid dienone is 1. The normalized spacial score (nSPS) is 18.5. The molecule has 13 nitrogen and oxygen atoms in total. The molecular formula is C25H19F3N2O11S. The van der Waals surface area contributed by atoms with Crippen LogP contribution in [0.2, 0.25) is 0 Å². The third-order valence-electron chi connectivity index (χ3n) is 6.30. The number of esters is 2. The molecule has 4 rings (SSSR count). The first-order valence-electron chi connectivity index (χ1n) is 12.0. The van der Waals surface area contributed by atoms with Gasteiger partial charge in [-0.3, -0.25) is 24.6 Å². The van der Waals surface area contributed by atoms with Crippen molar-refractivity contribution in [1.29, 1.82) is 0 Å². The number of amides is 1. The lowest BCUT2D eigenvalue weighted by Gasteiger charge is -2.49. The number of fused-ring (bicyclic) bond motifs is 1. The van der Waals surface area contributed by atoms with Gasteiger partial charge in [-0.2, -0.15) is 21.6 Å². The van der Waals surface area contributed by atoms with Crippen LogP contribution in [0, 0.1) is 16.0 Å². The fourth-order valence-corrected chi connectivity index (χ4v) is 4.86. The van der Waals surface area contributed by atoms with E-state index in [4.69, 9.17) is 4.74 Å². The summed E-state index contributed by atoms with van der Waals surface area (Å²) < 4.78 is 76.6. The SMILES string of the molecule is O=C(COc1ccccc1)C[C@@H]1C(=O)N2C(C(=O)OC(=O)c3ccc([N+](=O)[O-])cc3)=C(OS(=O)(=O)C(F)(F)F)CC[C@H]12. The summed E-state index contributed by atoms with van der Waals surface area (Å²) in [7, 11) is -6.28. The van der Waals surface area contributed by atoms with Crippen LogP contribution >= 0.6 is 0 Å². The van der Waals surface area contributed by atoms with Crippen molar-refractivity contribution in [1.82, 2.24) is 4.90 Å². The second-order valence-corrected chi connectivity index (χ2v) is 10.5. The lowest BCUT2D eigenvalue weighted by molar-refractivity contribution is -0.384. The number of carbonyl (C=O) groups is 4. The molecule has 2 heterocycles. The molecule has 2 aromatic carbocycles. The minimum atomic E-state index is -6.28. The van der Waals surface area contributed by atoms with Crippen molar-refractivity contribution in [2.75, 3.05) is 6.61 Å². The minimum Gasteiger partial charge on any atom is -0.486 e. The molecule has 0 radical (unpaired) electrons. The molecule has 42 heavy (non-hydrogen) atoms. The molecular weight excluding hydrogens is 593 g/mol. The first-order chi connectivity index (χ1) is 19.7. The van der Waals surface area contributed by atoms with E-state index < -0.39 is 86.3 Å². The summed E-state index contributed by atoms with van der Waals surface area (Å²) in [5.74, 6) is -6.25. The highest BCUT2D eigenvalue weighted by Crippen LogP contribution is 2.43. The van der Waals surface area contributed by atoms with Crippen molar-refractivity contribution in [3.05, 3.63) is 81.7 Å². The van der Waals surface area contributed by atoms with E-state index in [9.17, 15) is 50.9 Å². The number of carbonyl (C=O) groups excluding carboxylic acids is 4. The van der Waals surface area contributed by atoms with Gasteiger partial charge in [0.1, 0.15) is 12.4 Å². The molecule has 0 unspecified atom stereocenters. The number of non-ortho nitro benzene ring substituents is 1. The molecule has 0 saturated carbocycles. The first-order valence-corrected chi connectivity index (χ1v) is 13.4.